The number of hydrogen-bond donors (Lipinski definition) is 1. The van der Waals surface area contributed by atoms with E-state index in [-0.39, 0.29) is 16.4 Å². The summed E-state index contributed by atoms with van der Waals surface area (Å²) >= 11 is 5.87. The third-order valence-corrected chi connectivity index (χ3v) is 5.78. The zero-order chi connectivity index (χ0) is 22.2. The number of nitrogens with one attached hydrogen (secondary N) is 1. The summed E-state index contributed by atoms with van der Waals surface area (Å²) in [7, 11) is 0. The smallest absolute Gasteiger partial charge is 0.312 e. The Kier molecular flexibility index (Phi) is 5.51. The zero-order valence-electron chi connectivity index (χ0n) is 16.3. The van der Waals surface area contributed by atoms with Gasteiger partial charge in [-0.25, -0.2) is 4.99 Å². The molecule has 0 aromatic heterocycles. The average molecular weight is 450 g/mol. The summed E-state index contributed by atoms with van der Waals surface area (Å²) in [5, 5.41) is 2.07. The van der Waals surface area contributed by atoms with Crippen molar-refractivity contribution in [3.63, 3.8) is 0 Å². The van der Waals surface area contributed by atoms with Crippen molar-refractivity contribution in [2.75, 3.05) is 0 Å². The fraction of sp³-hybridized carbons (Fsp3) is 0.318. The quantitative estimate of drug-likeness (QED) is 0.743. The highest BCUT2D eigenvalue weighted by molar-refractivity contribution is 6.31. The van der Waals surface area contributed by atoms with Crippen LogP contribution in [0.1, 0.15) is 41.6 Å². The number of amidine groups is 1. The summed E-state index contributed by atoms with van der Waals surface area (Å²) in [6.45, 7) is 0. The Morgan fingerprint density at radius 3 is 2.39 bits per heavy atom. The summed E-state index contributed by atoms with van der Waals surface area (Å²) < 4.78 is 43.1. The van der Waals surface area contributed by atoms with Crippen LogP contribution in [0.2, 0.25) is 5.02 Å². The maximum absolute atomic E-state index is 14.4. The van der Waals surface area contributed by atoms with E-state index >= 15 is 0 Å². The van der Waals surface area contributed by atoms with Crippen LogP contribution in [0.4, 0.5) is 13.2 Å². The first-order chi connectivity index (χ1) is 14.7. The molecule has 2 aliphatic rings. The maximum Gasteiger partial charge on any atom is 0.442 e. The molecule has 0 radical (unpaired) electrons. The highest BCUT2D eigenvalue weighted by Gasteiger charge is 2.68. The first kappa shape index (κ1) is 21.4. The van der Waals surface area contributed by atoms with Gasteiger partial charge >= 0.3 is 11.8 Å². The summed E-state index contributed by atoms with van der Waals surface area (Å²) in [5.74, 6) is -2.46. The van der Waals surface area contributed by atoms with Gasteiger partial charge in [-0.15, -0.1) is 0 Å². The maximum atomic E-state index is 14.4. The number of carbonyl (C=O) groups is 2. The second-order valence-corrected chi connectivity index (χ2v) is 8.02. The van der Waals surface area contributed by atoms with Crippen molar-refractivity contribution < 1.29 is 22.8 Å². The Bertz CT molecular complexity index is 1040. The number of benzene rings is 2. The van der Waals surface area contributed by atoms with E-state index in [1.165, 1.54) is 24.3 Å². The van der Waals surface area contributed by atoms with Crippen LogP contribution in [-0.2, 0) is 4.79 Å². The van der Waals surface area contributed by atoms with Crippen molar-refractivity contribution in [1.29, 1.82) is 0 Å². The zero-order valence-corrected chi connectivity index (χ0v) is 17.1. The topological polar surface area (TPSA) is 61.8 Å². The van der Waals surface area contributed by atoms with Crippen molar-refractivity contribution >= 4 is 29.3 Å². The van der Waals surface area contributed by atoms with Crippen LogP contribution in [0.25, 0.3) is 0 Å². The minimum absolute atomic E-state index is 0.0822. The van der Waals surface area contributed by atoms with Crippen molar-refractivity contribution in [1.82, 2.24) is 10.2 Å². The molecule has 1 fully saturated rings. The molecule has 0 spiro atoms. The summed E-state index contributed by atoms with van der Waals surface area (Å²) in [6.07, 6.45) is -2.37. The van der Waals surface area contributed by atoms with Gasteiger partial charge in [0.15, 0.2) is 0 Å². The Morgan fingerprint density at radius 2 is 1.77 bits per heavy atom. The van der Waals surface area contributed by atoms with Gasteiger partial charge in [-0.2, -0.15) is 13.2 Å². The van der Waals surface area contributed by atoms with E-state index in [2.05, 4.69) is 4.99 Å². The lowest BCUT2D eigenvalue weighted by molar-refractivity contribution is -0.196. The molecule has 2 aromatic rings. The van der Waals surface area contributed by atoms with Gasteiger partial charge < -0.3 is 5.32 Å². The van der Waals surface area contributed by atoms with E-state index in [0.717, 1.165) is 17.7 Å². The molecule has 0 unspecified atom stereocenters. The molecule has 9 heteroatoms. The normalized spacial score (nSPS) is 22.0. The standard InChI is InChI=1S/C22H19ClF3N3O2/c23-16-10-6-9-15(13-16)19(30)28-21(22(24,25)26)20(31)29(17-11-4-5-12-17)18(27-21)14-7-2-1-3-8-14/h1-3,6-10,13,17H,4-5,11-12H2,(H,28,30)/t21-/m0/s1. The first-order valence-corrected chi connectivity index (χ1v) is 10.2. The number of rotatable bonds is 4. The fourth-order valence-electron chi connectivity index (χ4n) is 4.03. The molecule has 31 heavy (non-hydrogen) atoms. The molecule has 5 nitrogen and oxygen atoms in total. The number of alkyl halides is 3. The second kappa shape index (κ2) is 8.00. The Balaban J connectivity index is 1.81. The molecule has 1 atom stereocenters. The van der Waals surface area contributed by atoms with E-state index in [1.54, 1.807) is 30.3 Å². The second-order valence-electron chi connectivity index (χ2n) is 7.59. The van der Waals surface area contributed by atoms with Crippen molar-refractivity contribution in [3.05, 3.63) is 70.7 Å². The van der Waals surface area contributed by atoms with Gasteiger partial charge in [0.1, 0.15) is 5.84 Å². The largest absolute Gasteiger partial charge is 0.442 e. The number of hydrogen-bond acceptors (Lipinski definition) is 3. The Hall–Kier alpha value is -2.87. The molecule has 2 aromatic carbocycles. The third-order valence-electron chi connectivity index (χ3n) is 5.54. The van der Waals surface area contributed by atoms with Crippen LogP contribution >= 0.6 is 11.6 Å². The molecule has 1 aliphatic carbocycles. The first-order valence-electron chi connectivity index (χ1n) is 9.87. The number of aliphatic imine (C=N–C) groups is 1. The van der Waals surface area contributed by atoms with Gasteiger partial charge in [-0.05, 0) is 31.0 Å². The minimum Gasteiger partial charge on any atom is -0.312 e. The molecular weight excluding hydrogens is 431 g/mol. The van der Waals surface area contributed by atoms with Gasteiger partial charge in [0.25, 0.3) is 11.8 Å². The molecule has 0 bridgehead atoms. The Labute approximate surface area is 181 Å². The predicted molar refractivity (Wildman–Crippen MR) is 110 cm³/mol. The summed E-state index contributed by atoms with van der Waals surface area (Å²) in [6, 6.07) is 13.3. The van der Waals surface area contributed by atoms with Crippen LogP contribution in [0.15, 0.2) is 59.6 Å². The van der Waals surface area contributed by atoms with E-state index in [0.29, 0.717) is 18.4 Å². The molecule has 1 heterocycles. The monoisotopic (exact) mass is 449 g/mol. The van der Waals surface area contributed by atoms with Crippen molar-refractivity contribution in [3.8, 4) is 0 Å². The van der Waals surface area contributed by atoms with Gasteiger partial charge in [0.05, 0.1) is 0 Å². The van der Waals surface area contributed by atoms with Gasteiger partial charge in [0.2, 0.25) is 0 Å². The molecule has 162 valence electrons. The lowest BCUT2D eigenvalue weighted by atomic mass is 10.1. The summed E-state index contributed by atoms with van der Waals surface area (Å²) in [5.41, 5.74) is -3.12. The molecule has 4 rings (SSSR count). The SMILES string of the molecule is O=C(N[C@@]1(C(F)(F)F)N=C(c2ccccc2)N(C2CCCC2)C1=O)c1cccc(Cl)c1. The summed E-state index contributed by atoms with van der Waals surface area (Å²) in [4.78, 5) is 31.0. The highest BCUT2D eigenvalue weighted by Crippen LogP contribution is 2.41. The number of carbonyl (C=O) groups excluding carboxylic acids is 2. The van der Waals surface area contributed by atoms with Crippen LogP contribution in [-0.4, -0.2) is 40.4 Å². The molecule has 1 aliphatic heterocycles. The number of amides is 2. The Morgan fingerprint density at radius 1 is 1.10 bits per heavy atom. The van der Waals surface area contributed by atoms with Crippen LogP contribution < -0.4 is 5.32 Å². The van der Waals surface area contributed by atoms with Gasteiger partial charge in [-0.3, -0.25) is 14.5 Å². The molecule has 1 N–H and O–H groups in total. The van der Waals surface area contributed by atoms with Gasteiger partial charge in [-0.1, -0.05) is 60.8 Å². The van der Waals surface area contributed by atoms with E-state index in [4.69, 9.17) is 11.6 Å². The molecule has 0 saturated heterocycles. The fourth-order valence-corrected chi connectivity index (χ4v) is 4.22. The van der Waals surface area contributed by atoms with E-state index < -0.39 is 29.7 Å². The van der Waals surface area contributed by atoms with E-state index in [1.807, 2.05) is 5.32 Å². The predicted octanol–water partition coefficient (Wildman–Crippen LogP) is 4.56. The lowest BCUT2D eigenvalue weighted by Gasteiger charge is -2.31. The van der Waals surface area contributed by atoms with Crippen LogP contribution in [0.3, 0.4) is 0 Å². The highest BCUT2D eigenvalue weighted by atomic mass is 35.5. The van der Waals surface area contributed by atoms with Crippen LogP contribution in [0, 0.1) is 0 Å². The van der Waals surface area contributed by atoms with E-state index in [9.17, 15) is 22.8 Å². The minimum atomic E-state index is -5.15. The third kappa shape index (κ3) is 3.80. The van der Waals surface area contributed by atoms with Crippen LogP contribution in [0.5, 0.6) is 0 Å². The number of halogens is 4. The molecule has 1 saturated carbocycles. The number of nitrogens with zero attached hydrogens (tertiary/aromatic N) is 2. The lowest BCUT2D eigenvalue weighted by Crippen LogP contribution is -2.64. The van der Waals surface area contributed by atoms with Gasteiger partial charge in [0, 0.05) is 22.2 Å². The molecular formula is C22H19ClF3N3O2. The average Bonchev–Trinajstić information content (AvgIpc) is 3.35. The van der Waals surface area contributed by atoms with Crippen molar-refractivity contribution in [2.24, 2.45) is 4.99 Å². The van der Waals surface area contributed by atoms with Crippen molar-refractivity contribution in [2.45, 2.75) is 43.6 Å². The molecule has 2 amide bonds.